The number of carbonyl (C=O) groups is 1. The third kappa shape index (κ3) is 3.79. The highest BCUT2D eigenvalue weighted by atomic mass is 79.9. The monoisotopic (exact) mass is 296 g/mol. The predicted octanol–water partition coefficient (Wildman–Crippen LogP) is 3.58. The Kier molecular flexibility index (Phi) is 4.66. The second kappa shape index (κ2) is 5.61. The summed E-state index contributed by atoms with van der Waals surface area (Å²) >= 11 is 3.36. The summed E-state index contributed by atoms with van der Waals surface area (Å²) < 4.78 is 0.972. The second-order valence-corrected chi connectivity index (χ2v) is 5.22. The van der Waals surface area contributed by atoms with Crippen LogP contribution < -0.4 is 0 Å². The average molecular weight is 297 g/mol. The van der Waals surface area contributed by atoms with Crippen LogP contribution in [0.15, 0.2) is 34.8 Å². The Labute approximate surface area is 110 Å². The van der Waals surface area contributed by atoms with Crippen LogP contribution in [0.5, 0.6) is 0 Å². The molecule has 1 aromatic rings. The van der Waals surface area contributed by atoms with Crippen LogP contribution in [0, 0.1) is 0 Å². The molecule has 0 saturated carbocycles. The molecule has 0 aliphatic rings. The summed E-state index contributed by atoms with van der Waals surface area (Å²) in [5.74, 6) is -0.0587. The van der Waals surface area contributed by atoms with Crippen LogP contribution in [0.3, 0.4) is 0 Å². The number of allylic oxidation sites excluding steroid dienone is 1. The summed E-state index contributed by atoms with van der Waals surface area (Å²) in [4.78, 5) is 11.3. The molecule has 1 atom stereocenters. The van der Waals surface area contributed by atoms with Crippen molar-refractivity contribution in [1.29, 1.82) is 0 Å². The van der Waals surface area contributed by atoms with Crippen LogP contribution in [0.1, 0.15) is 32.8 Å². The molecule has 0 saturated heterocycles. The average Bonchev–Trinajstić information content (AvgIpc) is 2.27. The topological polar surface area (TPSA) is 37.3 Å². The third-order valence-electron chi connectivity index (χ3n) is 2.77. The lowest BCUT2D eigenvalue weighted by Crippen LogP contribution is -2.25. The van der Waals surface area contributed by atoms with Crippen molar-refractivity contribution in [3.63, 3.8) is 0 Å². The van der Waals surface area contributed by atoms with E-state index in [0.29, 0.717) is 12.0 Å². The largest absolute Gasteiger partial charge is 0.385 e. The van der Waals surface area contributed by atoms with Crippen molar-refractivity contribution in [2.75, 3.05) is 0 Å². The summed E-state index contributed by atoms with van der Waals surface area (Å²) in [6.45, 7) is 5.11. The zero-order chi connectivity index (χ0) is 13.1. The Morgan fingerprint density at radius 3 is 2.35 bits per heavy atom. The number of ketones is 1. The van der Waals surface area contributed by atoms with E-state index in [2.05, 4.69) is 15.9 Å². The fraction of sp³-hybridized carbons (Fsp3) is 0.357. The molecule has 3 heteroatoms. The van der Waals surface area contributed by atoms with Gasteiger partial charge in [-0.3, -0.25) is 4.79 Å². The van der Waals surface area contributed by atoms with Gasteiger partial charge >= 0.3 is 0 Å². The first kappa shape index (κ1) is 14.1. The molecule has 1 N–H and O–H groups in total. The zero-order valence-corrected chi connectivity index (χ0v) is 11.9. The first-order valence-corrected chi connectivity index (χ1v) is 6.37. The number of benzene rings is 1. The van der Waals surface area contributed by atoms with E-state index in [4.69, 9.17) is 0 Å². The molecule has 0 aliphatic carbocycles. The maximum Gasteiger partial charge on any atom is 0.153 e. The fourth-order valence-corrected chi connectivity index (χ4v) is 1.84. The lowest BCUT2D eigenvalue weighted by atomic mass is 9.87. The van der Waals surface area contributed by atoms with Gasteiger partial charge in [0, 0.05) is 4.47 Å². The van der Waals surface area contributed by atoms with Gasteiger partial charge in [0.2, 0.25) is 0 Å². The molecule has 1 aromatic carbocycles. The highest BCUT2D eigenvalue weighted by Gasteiger charge is 2.25. The minimum absolute atomic E-state index is 0.0587. The summed E-state index contributed by atoms with van der Waals surface area (Å²) in [5.41, 5.74) is 0.551. The van der Waals surface area contributed by atoms with Gasteiger partial charge in [0.1, 0.15) is 0 Å². The summed E-state index contributed by atoms with van der Waals surface area (Å²) in [6, 6.07) is 7.58. The number of carbonyl (C=O) groups excluding carboxylic acids is 1. The van der Waals surface area contributed by atoms with Crippen LogP contribution in [-0.2, 0) is 4.79 Å². The van der Waals surface area contributed by atoms with Gasteiger partial charge in [0.05, 0.1) is 5.60 Å². The first-order chi connectivity index (χ1) is 7.86. The van der Waals surface area contributed by atoms with E-state index in [0.717, 1.165) is 10.0 Å². The molecule has 0 amide bonds. The minimum Gasteiger partial charge on any atom is -0.385 e. The number of hydrogen-bond donors (Lipinski definition) is 1. The van der Waals surface area contributed by atoms with Crippen molar-refractivity contribution in [2.24, 2.45) is 0 Å². The minimum atomic E-state index is -0.987. The van der Waals surface area contributed by atoms with Gasteiger partial charge in [0.25, 0.3) is 0 Å². The van der Waals surface area contributed by atoms with Gasteiger partial charge < -0.3 is 5.11 Å². The Morgan fingerprint density at radius 2 is 1.94 bits per heavy atom. The fourth-order valence-electron chi connectivity index (χ4n) is 1.57. The van der Waals surface area contributed by atoms with Gasteiger partial charge in [0.15, 0.2) is 5.78 Å². The van der Waals surface area contributed by atoms with Crippen LogP contribution in [0.2, 0.25) is 0 Å². The SMILES string of the molecule is CCC(C)(O)/C(=C\C(C)=O)c1ccc(Br)cc1. The van der Waals surface area contributed by atoms with Gasteiger partial charge in [-0.05, 0) is 49.6 Å². The molecular formula is C14H17BrO2. The molecule has 0 bridgehead atoms. The van der Waals surface area contributed by atoms with Gasteiger partial charge in [-0.15, -0.1) is 0 Å². The number of halogens is 1. The Morgan fingerprint density at radius 1 is 1.41 bits per heavy atom. The normalized spacial score (nSPS) is 15.5. The smallest absolute Gasteiger partial charge is 0.153 e. The second-order valence-electron chi connectivity index (χ2n) is 4.30. The highest BCUT2D eigenvalue weighted by Crippen LogP contribution is 2.30. The molecule has 2 nitrogen and oxygen atoms in total. The van der Waals surface area contributed by atoms with E-state index in [1.807, 2.05) is 31.2 Å². The molecule has 0 aliphatic heterocycles. The van der Waals surface area contributed by atoms with Crippen molar-refractivity contribution in [3.05, 3.63) is 40.4 Å². The van der Waals surface area contributed by atoms with Crippen LogP contribution in [0.25, 0.3) is 5.57 Å². The van der Waals surface area contributed by atoms with Gasteiger partial charge in [-0.25, -0.2) is 0 Å². The Hall–Kier alpha value is -0.930. The van der Waals surface area contributed by atoms with Crippen LogP contribution in [0.4, 0.5) is 0 Å². The summed E-state index contributed by atoms with van der Waals surface area (Å²) in [5, 5.41) is 10.3. The van der Waals surface area contributed by atoms with Gasteiger partial charge in [-0.2, -0.15) is 0 Å². The Balaban J connectivity index is 3.25. The molecule has 0 heterocycles. The van der Waals surface area contributed by atoms with Gasteiger partial charge in [-0.1, -0.05) is 35.0 Å². The third-order valence-corrected chi connectivity index (χ3v) is 3.30. The van der Waals surface area contributed by atoms with Crippen molar-refractivity contribution < 1.29 is 9.90 Å². The van der Waals surface area contributed by atoms with E-state index in [1.54, 1.807) is 6.92 Å². The molecular weight excluding hydrogens is 280 g/mol. The molecule has 1 rings (SSSR count). The predicted molar refractivity (Wildman–Crippen MR) is 73.7 cm³/mol. The number of aliphatic hydroxyl groups is 1. The number of rotatable bonds is 4. The maximum absolute atomic E-state index is 11.3. The standard InChI is InChI=1S/C14H17BrO2/c1-4-14(3,17)13(9-10(2)16)11-5-7-12(15)8-6-11/h5-9,17H,4H2,1-3H3/b13-9-. The van der Waals surface area contributed by atoms with Crippen molar-refractivity contribution in [3.8, 4) is 0 Å². The molecule has 17 heavy (non-hydrogen) atoms. The van der Waals surface area contributed by atoms with Crippen molar-refractivity contribution in [2.45, 2.75) is 32.8 Å². The lowest BCUT2D eigenvalue weighted by Gasteiger charge is -2.25. The van der Waals surface area contributed by atoms with E-state index in [-0.39, 0.29) is 5.78 Å². The van der Waals surface area contributed by atoms with Crippen LogP contribution in [-0.4, -0.2) is 16.5 Å². The zero-order valence-electron chi connectivity index (χ0n) is 10.3. The molecule has 0 radical (unpaired) electrons. The summed E-state index contributed by atoms with van der Waals surface area (Å²) in [6.07, 6.45) is 2.06. The maximum atomic E-state index is 11.3. The lowest BCUT2D eigenvalue weighted by molar-refractivity contribution is -0.112. The highest BCUT2D eigenvalue weighted by molar-refractivity contribution is 9.10. The van der Waals surface area contributed by atoms with E-state index in [1.165, 1.54) is 13.0 Å². The van der Waals surface area contributed by atoms with E-state index in [9.17, 15) is 9.90 Å². The van der Waals surface area contributed by atoms with E-state index < -0.39 is 5.60 Å². The van der Waals surface area contributed by atoms with Crippen molar-refractivity contribution >= 4 is 27.3 Å². The molecule has 0 spiro atoms. The molecule has 0 aromatic heterocycles. The Bertz CT molecular complexity index is 430. The molecule has 1 unspecified atom stereocenters. The number of hydrogen-bond acceptors (Lipinski definition) is 2. The summed E-state index contributed by atoms with van der Waals surface area (Å²) in [7, 11) is 0. The molecule has 0 fully saturated rings. The van der Waals surface area contributed by atoms with E-state index >= 15 is 0 Å². The quantitative estimate of drug-likeness (QED) is 0.862. The first-order valence-electron chi connectivity index (χ1n) is 5.58. The van der Waals surface area contributed by atoms with Crippen molar-refractivity contribution in [1.82, 2.24) is 0 Å². The van der Waals surface area contributed by atoms with Crippen LogP contribution >= 0.6 is 15.9 Å². The molecule has 92 valence electrons.